The van der Waals surface area contributed by atoms with Crippen LogP contribution in [0.15, 0.2) is 46.6 Å². The van der Waals surface area contributed by atoms with Gasteiger partial charge in [0.05, 0.1) is 31.0 Å². The summed E-state index contributed by atoms with van der Waals surface area (Å²) in [5.41, 5.74) is 1.85. The van der Waals surface area contributed by atoms with Crippen molar-refractivity contribution in [3.63, 3.8) is 0 Å². The van der Waals surface area contributed by atoms with Crippen molar-refractivity contribution in [3.8, 4) is 17.2 Å². The lowest BCUT2D eigenvalue weighted by Gasteiger charge is -2.16. The molecular weight excluding hydrogens is 456 g/mol. The second-order valence-electron chi connectivity index (χ2n) is 6.17. The zero-order chi connectivity index (χ0) is 21.1. The van der Waals surface area contributed by atoms with Crippen LogP contribution in [-0.2, 0) is 4.79 Å². The molecule has 0 atom stereocenters. The normalized spacial score (nSPS) is 15.3. The lowest BCUT2D eigenvalue weighted by molar-refractivity contribution is -0.114. The lowest BCUT2D eigenvalue weighted by atomic mass is 10.1. The van der Waals surface area contributed by atoms with Crippen LogP contribution in [0.25, 0.3) is 6.08 Å². The van der Waals surface area contributed by atoms with Gasteiger partial charge in [0, 0.05) is 18.7 Å². The number of benzene rings is 2. The molecule has 0 saturated carbocycles. The van der Waals surface area contributed by atoms with Crippen LogP contribution in [0, 0.1) is 0 Å². The number of rotatable bonds is 6. The second-order valence-corrected chi connectivity index (χ2v) is 7.39. The number of amides is 1. The first kappa shape index (κ1) is 21.1. The quantitative estimate of drug-likeness (QED) is 0.452. The van der Waals surface area contributed by atoms with E-state index in [9.17, 15) is 4.79 Å². The summed E-state index contributed by atoms with van der Waals surface area (Å²) in [5, 5.41) is 0.400. The zero-order valence-corrected chi connectivity index (χ0v) is 19.0. The van der Waals surface area contributed by atoms with Crippen molar-refractivity contribution in [1.29, 1.82) is 0 Å². The summed E-state index contributed by atoms with van der Waals surface area (Å²) in [6.45, 7) is 2.50. The van der Waals surface area contributed by atoms with Crippen LogP contribution in [0.5, 0.6) is 17.2 Å². The zero-order valence-electron chi connectivity index (χ0n) is 16.6. The van der Waals surface area contributed by atoms with E-state index in [4.69, 9.17) is 26.4 Å². The van der Waals surface area contributed by atoms with Gasteiger partial charge in [-0.1, -0.05) is 0 Å². The Bertz CT molecular complexity index is 975. The molecule has 1 aliphatic heterocycles. The highest BCUT2D eigenvalue weighted by molar-refractivity contribution is 9.10. The summed E-state index contributed by atoms with van der Waals surface area (Å²) in [7, 11) is 4.92. The molecule has 2 aromatic rings. The van der Waals surface area contributed by atoms with Crippen LogP contribution in [0.3, 0.4) is 0 Å². The molecule has 3 rings (SSSR count). The highest BCUT2D eigenvalue weighted by Gasteiger charge is 2.37. The summed E-state index contributed by atoms with van der Waals surface area (Å²) < 4.78 is 17.0. The van der Waals surface area contributed by atoms with Crippen molar-refractivity contribution in [3.05, 3.63) is 52.1 Å². The molecule has 1 amide bonds. The monoisotopic (exact) mass is 476 g/mol. The molecule has 0 aromatic heterocycles. The number of thiocarbonyl (C=S) groups is 1. The summed E-state index contributed by atoms with van der Waals surface area (Å²) in [6, 6.07) is 10.9. The molecule has 0 aliphatic carbocycles. The number of halogens is 1. The van der Waals surface area contributed by atoms with E-state index in [1.54, 1.807) is 38.3 Å². The minimum Gasteiger partial charge on any atom is -0.496 e. The Balaban J connectivity index is 1.98. The molecule has 152 valence electrons. The highest BCUT2D eigenvalue weighted by Crippen LogP contribution is 2.36. The standard InChI is InChI=1S/C21H21BrN2O4S/c1-5-28-15-8-6-14(7-9-15)24-20(25)17(23(2)21(24)29)11-13-10-16(22)19(27-4)12-18(13)26-3/h6-12H,5H2,1-4H3. The van der Waals surface area contributed by atoms with Gasteiger partial charge < -0.3 is 19.1 Å². The number of nitrogens with zero attached hydrogens (tertiary/aromatic N) is 2. The maximum Gasteiger partial charge on any atom is 0.281 e. The Hall–Kier alpha value is -2.58. The van der Waals surface area contributed by atoms with Crippen LogP contribution in [-0.4, -0.2) is 43.8 Å². The molecule has 0 radical (unpaired) electrons. The molecule has 0 bridgehead atoms. The molecule has 6 nitrogen and oxygen atoms in total. The predicted octanol–water partition coefficient (Wildman–Crippen LogP) is 4.47. The summed E-state index contributed by atoms with van der Waals surface area (Å²) >= 11 is 9.00. The van der Waals surface area contributed by atoms with Crippen molar-refractivity contribution in [2.45, 2.75) is 6.92 Å². The van der Waals surface area contributed by atoms with Crippen LogP contribution in [0.4, 0.5) is 5.69 Å². The summed E-state index contributed by atoms with van der Waals surface area (Å²) in [4.78, 5) is 16.4. The van der Waals surface area contributed by atoms with Gasteiger partial charge in [-0.15, -0.1) is 0 Å². The van der Waals surface area contributed by atoms with E-state index in [-0.39, 0.29) is 5.91 Å². The molecule has 0 N–H and O–H groups in total. The van der Waals surface area contributed by atoms with Crippen molar-refractivity contribution in [2.24, 2.45) is 0 Å². The van der Waals surface area contributed by atoms with Crippen LogP contribution < -0.4 is 19.1 Å². The molecule has 1 fully saturated rings. The number of methoxy groups -OCH3 is 2. The predicted molar refractivity (Wildman–Crippen MR) is 121 cm³/mol. The van der Waals surface area contributed by atoms with Gasteiger partial charge in [0.2, 0.25) is 0 Å². The van der Waals surface area contributed by atoms with Crippen molar-refractivity contribution >= 4 is 50.9 Å². The number of likely N-dealkylation sites (N-methyl/N-ethyl adjacent to an activating group) is 1. The molecule has 2 aromatic carbocycles. The molecular formula is C21H21BrN2O4S. The van der Waals surface area contributed by atoms with Gasteiger partial charge in [-0.05, 0) is 71.5 Å². The van der Waals surface area contributed by atoms with E-state index in [0.29, 0.717) is 34.6 Å². The Labute approximate surface area is 183 Å². The Morgan fingerprint density at radius 1 is 1.10 bits per heavy atom. The lowest BCUT2D eigenvalue weighted by Crippen LogP contribution is -2.31. The minimum atomic E-state index is -0.212. The van der Waals surface area contributed by atoms with Crippen LogP contribution >= 0.6 is 28.1 Å². The van der Waals surface area contributed by atoms with Crippen molar-refractivity contribution < 1.29 is 19.0 Å². The Morgan fingerprint density at radius 2 is 1.76 bits per heavy atom. The molecule has 8 heteroatoms. The summed E-state index contributed by atoms with van der Waals surface area (Å²) in [5.74, 6) is 1.76. The van der Waals surface area contributed by atoms with E-state index in [2.05, 4.69) is 15.9 Å². The summed E-state index contributed by atoms with van der Waals surface area (Å²) in [6.07, 6.45) is 1.76. The van der Waals surface area contributed by atoms with Gasteiger partial charge in [-0.3, -0.25) is 9.69 Å². The van der Waals surface area contributed by atoms with Crippen LogP contribution in [0.2, 0.25) is 0 Å². The largest absolute Gasteiger partial charge is 0.496 e. The van der Waals surface area contributed by atoms with Gasteiger partial charge in [-0.2, -0.15) is 0 Å². The first-order valence-electron chi connectivity index (χ1n) is 8.89. The molecule has 0 unspecified atom stereocenters. The third-order valence-electron chi connectivity index (χ3n) is 4.46. The van der Waals surface area contributed by atoms with E-state index in [1.807, 2.05) is 37.3 Å². The maximum atomic E-state index is 13.2. The fourth-order valence-electron chi connectivity index (χ4n) is 2.99. The number of anilines is 1. The topological polar surface area (TPSA) is 51.2 Å². The molecule has 29 heavy (non-hydrogen) atoms. The molecule has 1 heterocycles. The van der Waals surface area contributed by atoms with Crippen molar-refractivity contribution in [2.75, 3.05) is 32.8 Å². The maximum absolute atomic E-state index is 13.2. The van der Waals surface area contributed by atoms with E-state index in [1.165, 1.54) is 4.90 Å². The van der Waals surface area contributed by atoms with E-state index >= 15 is 0 Å². The number of carbonyl (C=O) groups is 1. The third-order valence-corrected chi connectivity index (χ3v) is 5.54. The fraction of sp³-hybridized carbons (Fsp3) is 0.238. The van der Waals surface area contributed by atoms with Gasteiger partial charge in [0.25, 0.3) is 5.91 Å². The van der Waals surface area contributed by atoms with Crippen molar-refractivity contribution in [1.82, 2.24) is 4.90 Å². The first-order valence-corrected chi connectivity index (χ1v) is 10.1. The molecule has 0 spiro atoms. The minimum absolute atomic E-state index is 0.212. The Kier molecular flexibility index (Phi) is 6.44. The Morgan fingerprint density at radius 3 is 2.34 bits per heavy atom. The van der Waals surface area contributed by atoms with Gasteiger partial charge in [0.15, 0.2) is 5.11 Å². The fourth-order valence-corrected chi connectivity index (χ4v) is 3.80. The van der Waals surface area contributed by atoms with Gasteiger partial charge in [0.1, 0.15) is 22.9 Å². The van der Waals surface area contributed by atoms with Crippen LogP contribution in [0.1, 0.15) is 12.5 Å². The SMILES string of the molecule is CCOc1ccc(N2C(=O)C(=Cc3cc(Br)c(OC)cc3OC)N(C)C2=S)cc1. The number of hydrogen-bond donors (Lipinski definition) is 0. The average molecular weight is 477 g/mol. The average Bonchev–Trinajstić information content (AvgIpc) is 2.92. The van der Waals surface area contributed by atoms with E-state index in [0.717, 1.165) is 15.8 Å². The van der Waals surface area contributed by atoms with Gasteiger partial charge in [-0.25, -0.2) is 0 Å². The van der Waals surface area contributed by atoms with E-state index < -0.39 is 0 Å². The smallest absolute Gasteiger partial charge is 0.281 e. The number of ether oxygens (including phenoxy) is 3. The van der Waals surface area contributed by atoms with Gasteiger partial charge >= 0.3 is 0 Å². The first-order chi connectivity index (χ1) is 13.9. The third kappa shape index (κ3) is 4.09. The molecule has 1 saturated heterocycles. The second kappa shape index (κ2) is 8.84. The highest BCUT2D eigenvalue weighted by atomic mass is 79.9. The number of hydrogen-bond acceptors (Lipinski definition) is 5. The number of carbonyl (C=O) groups excluding carboxylic acids is 1. The molecule has 1 aliphatic rings.